The summed E-state index contributed by atoms with van der Waals surface area (Å²) in [4.78, 5) is 4.88. The van der Waals surface area contributed by atoms with Crippen molar-refractivity contribution in [2.45, 2.75) is 46.6 Å². The first-order valence-electron chi connectivity index (χ1n) is 7.25. The van der Waals surface area contributed by atoms with Crippen molar-refractivity contribution in [2.75, 3.05) is 17.1 Å². The monoisotopic (exact) mass is 291 g/mol. The molecule has 0 spiro atoms. The Morgan fingerprint density at radius 2 is 1.95 bits per heavy atom. The van der Waals surface area contributed by atoms with Crippen molar-refractivity contribution in [3.05, 3.63) is 24.0 Å². The number of rotatable bonds is 4. The van der Waals surface area contributed by atoms with Crippen LogP contribution in [0.3, 0.4) is 0 Å². The first kappa shape index (κ1) is 15.2. The minimum Gasteiger partial charge on any atom is -0.328 e. The second-order valence-corrected chi connectivity index (χ2v) is 7.40. The van der Waals surface area contributed by atoms with Gasteiger partial charge in [0, 0.05) is 30.4 Å². The van der Waals surface area contributed by atoms with Gasteiger partial charge in [-0.1, -0.05) is 39.6 Å². The maximum atomic E-state index is 4.88. The van der Waals surface area contributed by atoms with E-state index in [1.54, 1.807) is 0 Å². The van der Waals surface area contributed by atoms with Crippen LogP contribution in [0, 0.1) is 0 Å². The molecule has 2 rings (SSSR count). The van der Waals surface area contributed by atoms with Crippen molar-refractivity contribution in [3.63, 3.8) is 0 Å². The third-order valence-electron chi connectivity index (χ3n) is 3.41. The molecule has 0 saturated carbocycles. The Hall–Kier alpha value is -1.16. The average molecular weight is 291 g/mol. The Bertz CT molecular complexity index is 596. The molecule has 1 aromatic carbocycles. The van der Waals surface area contributed by atoms with E-state index < -0.39 is 0 Å². The zero-order chi connectivity index (χ0) is 14.9. The minimum atomic E-state index is 0.0687. The summed E-state index contributed by atoms with van der Waals surface area (Å²) in [5.74, 6) is 2.24. The molecule has 0 fully saturated rings. The third-order valence-corrected chi connectivity index (χ3v) is 4.26. The number of aromatic nitrogens is 2. The second-order valence-electron chi connectivity index (χ2n) is 6.02. The summed E-state index contributed by atoms with van der Waals surface area (Å²) in [5, 5.41) is 0. The summed E-state index contributed by atoms with van der Waals surface area (Å²) in [6.45, 7) is 12.0. The van der Waals surface area contributed by atoms with Gasteiger partial charge in [0.2, 0.25) is 0 Å². The fourth-order valence-corrected chi connectivity index (χ4v) is 3.12. The fourth-order valence-electron chi connectivity index (χ4n) is 2.47. The minimum absolute atomic E-state index is 0.0687. The predicted molar refractivity (Wildman–Crippen MR) is 90.6 cm³/mol. The largest absolute Gasteiger partial charge is 0.328 e. The third kappa shape index (κ3) is 2.80. The van der Waals surface area contributed by atoms with Crippen LogP contribution < -0.4 is 4.31 Å². The van der Waals surface area contributed by atoms with Crippen molar-refractivity contribution in [2.24, 2.45) is 0 Å². The van der Waals surface area contributed by atoms with Gasteiger partial charge >= 0.3 is 0 Å². The average Bonchev–Trinajstić information content (AvgIpc) is 2.76. The van der Waals surface area contributed by atoms with E-state index in [9.17, 15) is 0 Å². The number of nitrogens with zero attached hydrogens (tertiary/aromatic N) is 3. The lowest BCUT2D eigenvalue weighted by molar-refractivity contribution is 0.512. The molecular weight excluding hydrogens is 266 g/mol. The Morgan fingerprint density at radius 1 is 1.25 bits per heavy atom. The van der Waals surface area contributed by atoms with Gasteiger partial charge in [0.1, 0.15) is 5.82 Å². The van der Waals surface area contributed by atoms with Crippen molar-refractivity contribution in [1.82, 2.24) is 9.55 Å². The van der Waals surface area contributed by atoms with Gasteiger partial charge in [-0.05, 0) is 25.1 Å². The van der Waals surface area contributed by atoms with Crippen molar-refractivity contribution in [1.29, 1.82) is 0 Å². The van der Waals surface area contributed by atoms with Gasteiger partial charge in [-0.3, -0.25) is 0 Å². The smallest absolute Gasteiger partial charge is 0.115 e. The number of anilines is 1. The van der Waals surface area contributed by atoms with Crippen LogP contribution in [0.5, 0.6) is 0 Å². The van der Waals surface area contributed by atoms with E-state index in [0.717, 1.165) is 23.6 Å². The van der Waals surface area contributed by atoms with Crippen molar-refractivity contribution >= 4 is 28.7 Å². The van der Waals surface area contributed by atoms with E-state index in [1.165, 1.54) is 11.2 Å². The summed E-state index contributed by atoms with van der Waals surface area (Å²) in [5.41, 5.74) is 3.61. The van der Waals surface area contributed by atoms with E-state index >= 15 is 0 Å². The number of fused-ring (bicyclic) bond motifs is 1. The summed E-state index contributed by atoms with van der Waals surface area (Å²) in [7, 11) is 2.11. The highest BCUT2D eigenvalue weighted by atomic mass is 32.2. The van der Waals surface area contributed by atoms with Gasteiger partial charge in [-0.2, -0.15) is 0 Å². The van der Waals surface area contributed by atoms with Gasteiger partial charge in [-0.15, -0.1) is 0 Å². The highest BCUT2D eigenvalue weighted by Gasteiger charge is 2.22. The van der Waals surface area contributed by atoms with Gasteiger partial charge in [0.15, 0.2) is 0 Å². The standard InChI is InChI=1S/C16H25N3S/c1-7-19-14-10-9-12(18(6)20-8-2)11-13(14)17-15(19)16(3,4)5/h9-11H,7-8H2,1-6H3. The number of benzene rings is 1. The van der Waals surface area contributed by atoms with E-state index in [-0.39, 0.29) is 5.41 Å². The normalized spacial score (nSPS) is 12.1. The molecule has 0 atom stereocenters. The first-order chi connectivity index (χ1) is 9.38. The lowest BCUT2D eigenvalue weighted by Gasteiger charge is -2.19. The zero-order valence-corrected chi connectivity index (χ0v) is 14.2. The topological polar surface area (TPSA) is 21.1 Å². The first-order valence-corrected chi connectivity index (χ1v) is 8.20. The molecule has 2 aromatic rings. The highest BCUT2D eigenvalue weighted by Crippen LogP contribution is 2.30. The van der Waals surface area contributed by atoms with Crippen LogP contribution in [-0.4, -0.2) is 22.4 Å². The molecule has 0 saturated heterocycles. The van der Waals surface area contributed by atoms with Crippen LogP contribution in [0.4, 0.5) is 5.69 Å². The number of hydrogen-bond acceptors (Lipinski definition) is 3. The molecule has 0 N–H and O–H groups in total. The maximum absolute atomic E-state index is 4.88. The Morgan fingerprint density at radius 3 is 2.50 bits per heavy atom. The van der Waals surface area contributed by atoms with Gasteiger partial charge < -0.3 is 8.87 Å². The molecule has 0 unspecified atom stereocenters. The highest BCUT2D eigenvalue weighted by molar-refractivity contribution is 8.00. The molecule has 0 radical (unpaired) electrons. The molecule has 0 aliphatic carbocycles. The summed E-state index contributed by atoms with van der Waals surface area (Å²) >= 11 is 1.81. The molecule has 110 valence electrons. The van der Waals surface area contributed by atoms with Crippen LogP contribution >= 0.6 is 11.9 Å². The lowest BCUT2D eigenvalue weighted by Crippen LogP contribution is -2.18. The number of aryl methyl sites for hydroxylation is 1. The van der Waals surface area contributed by atoms with Crippen LogP contribution in [0.2, 0.25) is 0 Å². The fraction of sp³-hybridized carbons (Fsp3) is 0.562. The molecule has 3 nitrogen and oxygen atoms in total. The van der Waals surface area contributed by atoms with Crippen molar-refractivity contribution in [3.8, 4) is 0 Å². The summed E-state index contributed by atoms with van der Waals surface area (Å²) < 4.78 is 4.53. The Kier molecular flexibility index (Phi) is 4.33. The summed E-state index contributed by atoms with van der Waals surface area (Å²) in [6.07, 6.45) is 0. The molecule has 4 heteroatoms. The maximum Gasteiger partial charge on any atom is 0.115 e. The number of imidazole rings is 1. The zero-order valence-electron chi connectivity index (χ0n) is 13.4. The lowest BCUT2D eigenvalue weighted by atomic mass is 9.96. The molecule has 1 aromatic heterocycles. The number of hydrogen-bond donors (Lipinski definition) is 0. The van der Waals surface area contributed by atoms with Crippen LogP contribution in [0.1, 0.15) is 40.4 Å². The van der Waals surface area contributed by atoms with E-state index in [2.05, 4.69) is 68.7 Å². The van der Waals surface area contributed by atoms with E-state index in [4.69, 9.17) is 4.98 Å². The predicted octanol–water partition coefficient (Wildman–Crippen LogP) is 4.46. The van der Waals surface area contributed by atoms with Crippen LogP contribution in [0.15, 0.2) is 18.2 Å². The SMILES string of the molecule is CCSN(C)c1ccc2c(c1)nc(C(C)(C)C)n2CC. The summed E-state index contributed by atoms with van der Waals surface area (Å²) in [6, 6.07) is 6.58. The van der Waals surface area contributed by atoms with E-state index in [1.807, 2.05) is 11.9 Å². The van der Waals surface area contributed by atoms with Crippen molar-refractivity contribution < 1.29 is 0 Å². The van der Waals surface area contributed by atoms with Gasteiger partial charge in [0.05, 0.1) is 11.0 Å². The van der Waals surface area contributed by atoms with Gasteiger partial charge in [-0.25, -0.2) is 4.98 Å². The molecule has 0 aliphatic heterocycles. The quantitative estimate of drug-likeness (QED) is 0.776. The molecule has 0 amide bonds. The Labute approximate surface area is 126 Å². The van der Waals surface area contributed by atoms with Crippen LogP contribution in [0.25, 0.3) is 11.0 Å². The second kappa shape index (κ2) is 5.68. The molecule has 1 heterocycles. The molecule has 0 bridgehead atoms. The Balaban J connectivity index is 2.54. The van der Waals surface area contributed by atoms with E-state index in [0.29, 0.717) is 0 Å². The molecule has 20 heavy (non-hydrogen) atoms. The molecular formula is C16H25N3S. The van der Waals surface area contributed by atoms with Crippen LogP contribution in [-0.2, 0) is 12.0 Å². The van der Waals surface area contributed by atoms with Gasteiger partial charge in [0.25, 0.3) is 0 Å². The molecule has 0 aliphatic rings.